The van der Waals surface area contributed by atoms with Crippen molar-refractivity contribution in [2.24, 2.45) is 0 Å². The minimum Gasteiger partial charge on any atom is -0.393 e. The Hall–Kier alpha value is -1.85. The molecule has 3 N–H and O–H groups in total. The Morgan fingerprint density at radius 1 is 1.19 bits per heavy atom. The Bertz CT molecular complexity index is 834. The minimum atomic E-state index is -1.62. The van der Waals surface area contributed by atoms with Gasteiger partial charge in [-0.2, -0.15) is 0 Å². The molecule has 4 atom stereocenters. The molecule has 0 spiro atoms. The monoisotopic (exact) mass is 378 g/mol. The second-order valence-electron chi connectivity index (χ2n) is 7.88. The van der Waals surface area contributed by atoms with Crippen LogP contribution in [0, 0.1) is 0 Å². The molecule has 10 nitrogen and oxygen atoms in total. The third-order valence-electron chi connectivity index (χ3n) is 5.72. The fourth-order valence-electron chi connectivity index (χ4n) is 3.91. The summed E-state index contributed by atoms with van der Waals surface area (Å²) in [7, 11) is 2.09. The van der Waals surface area contributed by atoms with Crippen LogP contribution in [0.1, 0.15) is 20.1 Å². The van der Waals surface area contributed by atoms with Gasteiger partial charge in [0.2, 0.25) is 0 Å². The smallest absolute Gasteiger partial charge is 0.168 e. The highest BCUT2D eigenvalue weighted by Crippen LogP contribution is 2.44. The standard InChI is InChI=1S/C17H26N6O4/c1-16(8-24)14(25)17(2,26)15(27-16)23-10-20-11-12(18-9-19-13(11)23)22-6-4-21(3)5-7-22/h9-10,14-15,24-26H,4-8H2,1-3H3/t14?,15-,16?,17?/m1/s1. The second kappa shape index (κ2) is 6.35. The van der Waals surface area contributed by atoms with E-state index < -0.39 is 30.1 Å². The lowest BCUT2D eigenvalue weighted by atomic mass is 9.89. The molecule has 2 aromatic heterocycles. The number of aliphatic hydroxyl groups excluding tert-OH is 2. The van der Waals surface area contributed by atoms with Crippen LogP contribution in [0.4, 0.5) is 5.82 Å². The van der Waals surface area contributed by atoms with Crippen LogP contribution in [0.5, 0.6) is 0 Å². The number of hydrogen-bond donors (Lipinski definition) is 3. The summed E-state index contributed by atoms with van der Waals surface area (Å²) < 4.78 is 7.47. The van der Waals surface area contributed by atoms with Crippen molar-refractivity contribution >= 4 is 17.0 Å². The zero-order valence-electron chi connectivity index (χ0n) is 15.8. The molecule has 0 saturated carbocycles. The third kappa shape index (κ3) is 2.79. The average Bonchev–Trinajstić information content (AvgIpc) is 3.16. The van der Waals surface area contributed by atoms with E-state index in [1.165, 1.54) is 19.6 Å². The van der Waals surface area contributed by atoms with Crippen LogP contribution in [0.3, 0.4) is 0 Å². The van der Waals surface area contributed by atoms with Crippen LogP contribution in [-0.4, -0.2) is 96.9 Å². The lowest BCUT2D eigenvalue weighted by Gasteiger charge is -2.33. The third-order valence-corrected chi connectivity index (χ3v) is 5.72. The van der Waals surface area contributed by atoms with Crippen molar-refractivity contribution in [3.8, 4) is 0 Å². The summed E-state index contributed by atoms with van der Waals surface area (Å²) in [4.78, 5) is 17.7. The van der Waals surface area contributed by atoms with E-state index >= 15 is 0 Å². The first-order valence-electron chi connectivity index (χ1n) is 9.08. The molecule has 4 heterocycles. The van der Waals surface area contributed by atoms with Gasteiger partial charge in [-0.25, -0.2) is 15.0 Å². The van der Waals surface area contributed by atoms with E-state index in [1.807, 2.05) is 0 Å². The number of aliphatic hydroxyl groups is 3. The van der Waals surface area contributed by atoms with Crippen molar-refractivity contribution in [2.75, 3.05) is 44.7 Å². The van der Waals surface area contributed by atoms with Crippen LogP contribution in [0.15, 0.2) is 12.7 Å². The number of aromatic nitrogens is 4. The number of nitrogens with zero attached hydrogens (tertiary/aromatic N) is 6. The molecule has 2 aromatic rings. The summed E-state index contributed by atoms with van der Waals surface area (Å²) in [6.45, 7) is 6.19. The van der Waals surface area contributed by atoms with Gasteiger partial charge in [0, 0.05) is 26.2 Å². The molecule has 0 aliphatic carbocycles. The van der Waals surface area contributed by atoms with Crippen LogP contribution < -0.4 is 4.90 Å². The van der Waals surface area contributed by atoms with E-state index in [0.717, 1.165) is 32.0 Å². The number of likely N-dealkylation sites (N-methyl/N-ethyl adjacent to an activating group) is 1. The van der Waals surface area contributed by atoms with Gasteiger partial charge in [-0.1, -0.05) is 0 Å². The van der Waals surface area contributed by atoms with Crippen LogP contribution in [0.2, 0.25) is 0 Å². The lowest BCUT2D eigenvalue weighted by molar-refractivity contribution is -0.119. The lowest BCUT2D eigenvalue weighted by Crippen LogP contribution is -2.49. The van der Waals surface area contributed by atoms with Gasteiger partial charge >= 0.3 is 0 Å². The molecule has 2 aliphatic heterocycles. The number of rotatable bonds is 3. The van der Waals surface area contributed by atoms with Crippen LogP contribution in [0.25, 0.3) is 11.2 Å². The topological polar surface area (TPSA) is 120 Å². The molecule has 0 bridgehead atoms. The highest BCUT2D eigenvalue weighted by Gasteiger charge is 2.59. The molecule has 27 heavy (non-hydrogen) atoms. The Kier molecular flexibility index (Phi) is 4.35. The van der Waals surface area contributed by atoms with Crippen molar-refractivity contribution in [1.82, 2.24) is 24.4 Å². The Labute approximate surface area is 157 Å². The fourth-order valence-corrected chi connectivity index (χ4v) is 3.91. The van der Waals surface area contributed by atoms with Gasteiger partial charge in [0.25, 0.3) is 0 Å². The number of piperazine rings is 1. The number of imidazole rings is 1. The van der Waals surface area contributed by atoms with E-state index in [1.54, 1.807) is 11.5 Å². The highest BCUT2D eigenvalue weighted by molar-refractivity contribution is 5.83. The summed E-state index contributed by atoms with van der Waals surface area (Å²) in [5.41, 5.74) is -1.77. The van der Waals surface area contributed by atoms with Gasteiger partial charge in [0.1, 0.15) is 23.6 Å². The normalized spacial score (nSPS) is 35.3. The van der Waals surface area contributed by atoms with Crippen LogP contribution in [-0.2, 0) is 4.74 Å². The van der Waals surface area contributed by atoms with E-state index in [4.69, 9.17) is 4.74 Å². The fraction of sp³-hybridized carbons (Fsp3) is 0.706. The zero-order chi connectivity index (χ0) is 19.4. The predicted molar refractivity (Wildman–Crippen MR) is 97.3 cm³/mol. The molecule has 0 amide bonds. The Morgan fingerprint density at radius 2 is 1.89 bits per heavy atom. The number of ether oxygens (including phenoxy) is 1. The first-order chi connectivity index (χ1) is 12.8. The first kappa shape index (κ1) is 18.5. The minimum absolute atomic E-state index is 0.422. The zero-order valence-corrected chi connectivity index (χ0v) is 15.8. The Balaban J connectivity index is 1.73. The number of anilines is 1. The maximum atomic E-state index is 10.9. The molecule has 10 heteroatoms. The van der Waals surface area contributed by atoms with Crippen molar-refractivity contribution < 1.29 is 20.1 Å². The maximum absolute atomic E-state index is 10.9. The van der Waals surface area contributed by atoms with Gasteiger partial charge in [-0.05, 0) is 20.9 Å². The van der Waals surface area contributed by atoms with Crippen molar-refractivity contribution in [2.45, 2.75) is 37.4 Å². The summed E-state index contributed by atoms with van der Waals surface area (Å²) in [6, 6.07) is 0. The average molecular weight is 378 g/mol. The molecular formula is C17H26N6O4. The quantitative estimate of drug-likeness (QED) is 0.616. The second-order valence-corrected chi connectivity index (χ2v) is 7.88. The summed E-state index contributed by atoms with van der Waals surface area (Å²) in [5, 5.41) is 31.0. The van der Waals surface area contributed by atoms with Gasteiger partial charge in [0.05, 0.1) is 12.9 Å². The SMILES string of the molecule is CN1CCN(c2ncnc3c2ncn3[C@@H]2OC(C)(CO)C(O)C2(C)O)CC1. The highest BCUT2D eigenvalue weighted by atomic mass is 16.6. The van der Waals surface area contributed by atoms with E-state index in [0.29, 0.717) is 11.2 Å². The summed E-state index contributed by atoms with van der Waals surface area (Å²) in [6.07, 6.45) is 0.800. The molecule has 2 aliphatic rings. The van der Waals surface area contributed by atoms with E-state index in [9.17, 15) is 15.3 Å². The molecule has 0 radical (unpaired) electrons. The number of hydrogen-bond acceptors (Lipinski definition) is 9. The van der Waals surface area contributed by atoms with Gasteiger partial charge < -0.3 is 29.9 Å². The molecule has 2 saturated heterocycles. The molecule has 148 valence electrons. The molecule has 4 rings (SSSR count). The van der Waals surface area contributed by atoms with E-state index in [-0.39, 0.29) is 0 Å². The van der Waals surface area contributed by atoms with Crippen LogP contribution >= 0.6 is 0 Å². The molecule has 0 aromatic carbocycles. The number of fused-ring (bicyclic) bond motifs is 1. The van der Waals surface area contributed by atoms with Gasteiger partial charge in [-0.15, -0.1) is 0 Å². The molecule has 2 fully saturated rings. The predicted octanol–water partition coefficient (Wildman–Crippen LogP) is -1.03. The van der Waals surface area contributed by atoms with Crippen molar-refractivity contribution in [3.63, 3.8) is 0 Å². The molecule has 3 unspecified atom stereocenters. The van der Waals surface area contributed by atoms with Gasteiger partial charge in [-0.3, -0.25) is 4.57 Å². The summed E-state index contributed by atoms with van der Waals surface area (Å²) >= 11 is 0. The molecular weight excluding hydrogens is 352 g/mol. The summed E-state index contributed by atoms with van der Waals surface area (Å²) in [5.74, 6) is 0.745. The van der Waals surface area contributed by atoms with E-state index in [2.05, 4.69) is 31.8 Å². The Morgan fingerprint density at radius 3 is 2.52 bits per heavy atom. The first-order valence-corrected chi connectivity index (χ1v) is 9.08. The largest absolute Gasteiger partial charge is 0.393 e. The van der Waals surface area contributed by atoms with Crippen molar-refractivity contribution in [1.29, 1.82) is 0 Å². The van der Waals surface area contributed by atoms with Crippen molar-refractivity contribution in [3.05, 3.63) is 12.7 Å². The van der Waals surface area contributed by atoms with Gasteiger partial charge in [0.15, 0.2) is 23.2 Å². The maximum Gasteiger partial charge on any atom is 0.168 e.